The normalized spacial score (nSPS) is 9.72. The smallest absolute Gasteiger partial charge is 0.0755 e. The number of aliphatic carboxylic acids is 1. The maximum Gasteiger partial charge on any atom is 0.0755 e. The number of carbonyl (C=O) groups excluding carboxylic acids is 1. The molecule has 0 aromatic carbocycles. The molecule has 0 aliphatic rings. The number of carboxylic acids is 1. The van der Waals surface area contributed by atoms with E-state index in [1.54, 1.807) is 0 Å². The first-order chi connectivity index (χ1) is 8.68. The molecule has 0 atom stereocenters. The number of rotatable bonds is 11. The molecule has 0 radical (unpaired) electrons. The summed E-state index contributed by atoms with van der Waals surface area (Å²) in [4.78, 5) is 9.85. The summed E-state index contributed by atoms with van der Waals surface area (Å²) in [5.41, 5.74) is 0. The highest BCUT2D eigenvalue weighted by Gasteiger charge is 1.87. The Hall–Kier alpha value is -0.570. The molecule has 18 heavy (non-hydrogen) atoms. The molecule has 2 N–H and O–H groups in total. The van der Waals surface area contributed by atoms with Gasteiger partial charge in [-0.15, -0.1) is 0 Å². The first-order valence-electron chi connectivity index (χ1n) is 7.70. The van der Waals surface area contributed by atoms with Gasteiger partial charge in [-0.05, 0) is 25.7 Å². The largest absolute Gasteiger partial charge is 0.550 e. The molecule has 0 saturated heterocycles. The summed E-state index contributed by atoms with van der Waals surface area (Å²) >= 11 is 0. The number of nitrogens with two attached hydrogens (primary N) is 1. The van der Waals surface area contributed by atoms with Crippen LogP contribution in [-0.4, -0.2) is 19.1 Å². The zero-order valence-electron chi connectivity index (χ0n) is 12.7. The van der Waals surface area contributed by atoms with E-state index in [1.165, 1.54) is 38.8 Å². The number of hydrogen-bond donors (Lipinski definition) is 1. The second-order valence-corrected chi connectivity index (χ2v) is 4.76. The van der Waals surface area contributed by atoms with Crippen molar-refractivity contribution in [1.29, 1.82) is 0 Å². The fraction of sp³-hybridized carbons (Fsp3) is 0.933. The van der Waals surface area contributed by atoms with Crippen LogP contribution in [0.2, 0.25) is 0 Å². The molecular weight excluding hydrogens is 226 g/mol. The fourth-order valence-corrected chi connectivity index (χ4v) is 1.54. The molecule has 0 heterocycles. The van der Waals surface area contributed by atoms with Crippen LogP contribution in [0, 0.1) is 0 Å². The Bertz CT molecular complexity index is 155. The molecule has 0 aliphatic carbocycles. The first kappa shape index (κ1) is 19.8. The Balaban J connectivity index is 0. The van der Waals surface area contributed by atoms with Crippen molar-refractivity contribution in [3.8, 4) is 0 Å². The number of hydrogen-bond acceptors (Lipinski definition) is 2. The summed E-state index contributed by atoms with van der Waals surface area (Å²) in [5.74, 6) is -0.925. The lowest BCUT2D eigenvalue weighted by molar-refractivity contribution is -0.655. The standard InChI is InChI=1S/C8H19N.C7H14O2/c1-3-5-7-9-8-6-4-2;1-2-3-4-5-6-7(8)9/h9H,3-8H2,1-2H3;2-6H2,1H3,(H,8,9). The third-order valence-electron chi connectivity index (χ3n) is 2.76. The lowest BCUT2D eigenvalue weighted by Crippen LogP contribution is -2.84. The van der Waals surface area contributed by atoms with Crippen LogP contribution in [0.25, 0.3) is 0 Å². The molecule has 0 rings (SSSR count). The van der Waals surface area contributed by atoms with Crippen LogP contribution in [0.3, 0.4) is 0 Å². The zero-order valence-corrected chi connectivity index (χ0v) is 12.7. The van der Waals surface area contributed by atoms with Crippen molar-refractivity contribution < 1.29 is 15.2 Å². The summed E-state index contributed by atoms with van der Waals surface area (Å²) in [6.45, 7) is 9.24. The Morgan fingerprint density at radius 3 is 1.72 bits per heavy atom. The van der Waals surface area contributed by atoms with Gasteiger partial charge in [0.2, 0.25) is 0 Å². The van der Waals surface area contributed by atoms with E-state index in [1.807, 2.05) is 0 Å². The van der Waals surface area contributed by atoms with E-state index < -0.39 is 5.97 Å². The number of carbonyl (C=O) groups is 1. The molecule has 0 aromatic rings. The van der Waals surface area contributed by atoms with Gasteiger partial charge in [-0.2, -0.15) is 0 Å². The van der Waals surface area contributed by atoms with E-state index in [2.05, 4.69) is 26.1 Å². The predicted molar refractivity (Wildman–Crippen MR) is 75.2 cm³/mol. The van der Waals surface area contributed by atoms with E-state index in [-0.39, 0.29) is 6.42 Å². The molecule has 0 bridgehead atoms. The molecule has 3 nitrogen and oxygen atoms in total. The maximum absolute atomic E-state index is 9.85. The second-order valence-electron chi connectivity index (χ2n) is 4.76. The minimum absolute atomic E-state index is 0.222. The monoisotopic (exact) mass is 259 g/mol. The van der Waals surface area contributed by atoms with E-state index >= 15 is 0 Å². The third kappa shape index (κ3) is 24.6. The maximum atomic E-state index is 9.85. The Kier molecular flexibility index (Phi) is 20.6. The number of unbranched alkanes of at least 4 members (excludes halogenated alkanes) is 5. The van der Waals surface area contributed by atoms with Crippen LogP contribution in [0.15, 0.2) is 0 Å². The van der Waals surface area contributed by atoms with Gasteiger partial charge in [-0.25, -0.2) is 0 Å². The molecule has 3 heteroatoms. The molecule has 0 amide bonds. The van der Waals surface area contributed by atoms with Gasteiger partial charge in [0, 0.05) is 5.97 Å². The average Bonchev–Trinajstić information content (AvgIpc) is 2.35. The van der Waals surface area contributed by atoms with E-state index in [9.17, 15) is 9.90 Å². The van der Waals surface area contributed by atoms with Crippen molar-refractivity contribution >= 4 is 5.97 Å². The van der Waals surface area contributed by atoms with Crippen LogP contribution in [0.1, 0.15) is 78.6 Å². The summed E-state index contributed by atoms with van der Waals surface area (Å²) in [6.07, 6.45) is 9.72. The zero-order chi connectivity index (χ0) is 14.1. The van der Waals surface area contributed by atoms with Crippen molar-refractivity contribution in [2.75, 3.05) is 13.1 Å². The molecule has 0 unspecified atom stereocenters. The van der Waals surface area contributed by atoms with Crippen LogP contribution in [-0.2, 0) is 4.79 Å². The highest BCUT2D eigenvalue weighted by atomic mass is 16.4. The fourth-order valence-electron chi connectivity index (χ4n) is 1.54. The summed E-state index contributed by atoms with van der Waals surface area (Å²) in [5, 5.41) is 12.3. The molecule has 0 fully saturated rings. The van der Waals surface area contributed by atoms with Gasteiger partial charge in [0.1, 0.15) is 0 Å². The van der Waals surface area contributed by atoms with Crippen molar-refractivity contribution in [2.45, 2.75) is 78.6 Å². The van der Waals surface area contributed by atoms with Crippen molar-refractivity contribution in [3.05, 3.63) is 0 Å². The number of quaternary nitrogens is 1. The Morgan fingerprint density at radius 1 is 0.833 bits per heavy atom. The minimum Gasteiger partial charge on any atom is -0.550 e. The quantitative estimate of drug-likeness (QED) is 0.576. The van der Waals surface area contributed by atoms with E-state index in [0.29, 0.717) is 0 Å². The van der Waals surface area contributed by atoms with Crippen LogP contribution >= 0.6 is 0 Å². The van der Waals surface area contributed by atoms with Crippen LogP contribution in [0.5, 0.6) is 0 Å². The van der Waals surface area contributed by atoms with Crippen molar-refractivity contribution in [1.82, 2.24) is 0 Å². The molecule has 0 saturated carbocycles. The molecule has 0 spiro atoms. The third-order valence-corrected chi connectivity index (χ3v) is 2.76. The predicted octanol–water partition coefficient (Wildman–Crippen LogP) is 1.86. The van der Waals surface area contributed by atoms with Crippen molar-refractivity contribution in [3.63, 3.8) is 0 Å². The van der Waals surface area contributed by atoms with Gasteiger partial charge in [-0.3, -0.25) is 0 Å². The summed E-state index contributed by atoms with van der Waals surface area (Å²) in [7, 11) is 0. The highest BCUT2D eigenvalue weighted by Crippen LogP contribution is 2.00. The number of carboxylic acid groups (broad SMARTS) is 1. The van der Waals surface area contributed by atoms with Gasteiger partial charge >= 0.3 is 0 Å². The first-order valence-corrected chi connectivity index (χ1v) is 7.70. The average molecular weight is 259 g/mol. The highest BCUT2D eigenvalue weighted by molar-refractivity contribution is 5.63. The van der Waals surface area contributed by atoms with Crippen LogP contribution < -0.4 is 10.4 Å². The van der Waals surface area contributed by atoms with Gasteiger partial charge in [0.15, 0.2) is 0 Å². The molecule has 0 aromatic heterocycles. The molecule has 110 valence electrons. The lowest BCUT2D eigenvalue weighted by atomic mass is 10.2. The van der Waals surface area contributed by atoms with Crippen LogP contribution in [0.4, 0.5) is 0 Å². The lowest BCUT2D eigenvalue weighted by Gasteiger charge is -1.99. The minimum atomic E-state index is -0.925. The van der Waals surface area contributed by atoms with Gasteiger partial charge in [-0.1, -0.05) is 52.9 Å². The Labute approximate surface area is 113 Å². The Morgan fingerprint density at radius 2 is 1.33 bits per heavy atom. The van der Waals surface area contributed by atoms with Crippen molar-refractivity contribution in [2.24, 2.45) is 0 Å². The topological polar surface area (TPSA) is 56.7 Å². The summed E-state index contributed by atoms with van der Waals surface area (Å²) in [6, 6.07) is 0. The second kappa shape index (κ2) is 18.8. The van der Waals surface area contributed by atoms with Gasteiger partial charge in [0.05, 0.1) is 13.1 Å². The SMILES string of the molecule is CCCCCCC(=O)[O-].CCCC[NH2+]CCCC. The molecule has 0 aliphatic heterocycles. The van der Waals surface area contributed by atoms with Gasteiger partial charge < -0.3 is 15.2 Å². The summed E-state index contributed by atoms with van der Waals surface area (Å²) < 4.78 is 0. The van der Waals surface area contributed by atoms with Gasteiger partial charge in [0.25, 0.3) is 0 Å². The van der Waals surface area contributed by atoms with E-state index in [0.717, 1.165) is 25.7 Å². The van der Waals surface area contributed by atoms with E-state index in [4.69, 9.17) is 0 Å². The molecular formula is C15H33NO2.